The van der Waals surface area contributed by atoms with Gasteiger partial charge in [0.15, 0.2) is 0 Å². The average molecular weight is 369 g/mol. The van der Waals surface area contributed by atoms with Crippen LogP contribution in [0, 0.1) is 5.82 Å². The number of benzene rings is 1. The quantitative estimate of drug-likeness (QED) is 0.708. The van der Waals surface area contributed by atoms with E-state index in [1.807, 2.05) is 17.5 Å². The van der Waals surface area contributed by atoms with E-state index in [1.165, 1.54) is 23.5 Å². The van der Waals surface area contributed by atoms with Crippen LogP contribution in [0.3, 0.4) is 0 Å². The van der Waals surface area contributed by atoms with Crippen LogP contribution >= 0.6 is 11.3 Å². The number of morpholine rings is 1. The third-order valence-corrected chi connectivity index (χ3v) is 4.87. The zero-order valence-electron chi connectivity index (χ0n) is 13.8. The van der Waals surface area contributed by atoms with Gasteiger partial charge in [0, 0.05) is 41.0 Å². The van der Waals surface area contributed by atoms with E-state index in [-0.39, 0.29) is 12.0 Å². The normalized spacial score (nSPS) is 17.3. The summed E-state index contributed by atoms with van der Waals surface area (Å²) in [7, 11) is 0. The summed E-state index contributed by atoms with van der Waals surface area (Å²) in [6.07, 6.45) is 3.20. The fourth-order valence-corrected chi connectivity index (χ4v) is 3.56. The molecule has 4 rings (SSSR count). The van der Waals surface area contributed by atoms with Gasteiger partial charge in [-0.1, -0.05) is 6.07 Å². The summed E-state index contributed by atoms with van der Waals surface area (Å²) >= 11 is 1.43. The van der Waals surface area contributed by atoms with Crippen LogP contribution in [-0.4, -0.2) is 40.5 Å². The molecule has 26 heavy (non-hydrogen) atoms. The van der Waals surface area contributed by atoms with Gasteiger partial charge in [-0.15, -0.1) is 11.3 Å². The van der Waals surface area contributed by atoms with Crippen LogP contribution in [0.5, 0.6) is 0 Å². The molecule has 0 N–H and O–H groups in total. The second kappa shape index (κ2) is 7.31. The first kappa shape index (κ1) is 16.8. The van der Waals surface area contributed by atoms with E-state index in [0.29, 0.717) is 36.5 Å². The minimum absolute atomic E-state index is 0.210. The Morgan fingerprint density at radius 1 is 1.35 bits per heavy atom. The minimum Gasteiger partial charge on any atom is -0.370 e. The number of hydrogen-bond acceptors (Lipinski definition) is 5. The van der Waals surface area contributed by atoms with Crippen molar-refractivity contribution in [1.29, 1.82) is 0 Å². The maximum atomic E-state index is 14.1. The number of thiazole rings is 1. The van der Waals surface area contributed by atoms with Crippen molar-refractivity contribution in [2.75, 3.05) is 19.7 Å². The predicted molar refractivity (Wildman–Crippen MR) is 96.3 cm³/mol. The number of ether oxygens (including phenoxy) is 1. The molecule has 1 fully saturated rings. The van der Waals surface area contributed by atoms with E-state index >= 15 is 0 Å². The molecule has 1 atom stereocenters. The maximum absolute atomic E-state index is 14.1. The molecule has 0 aliphatic carbocycles. The molecule has 1 saturated heterocycles. The summed E-state index contributed by atoms with van der Waals surface area (Å²) in [6.45, 7) is 1.31. The van der Waals surface area contributed by atoms with Gasteiger partial charge in [-0.2, -0.15) is 0 Å². The van der Waals surface area contributed by atoms with Gasteiger partial charge >= 0.3 is 0 Å². The van der Waals surface area contributed by atoms with Crippen molar-refractivity contribution >= 4 is 17.2 Å². The van der Waals surface area contributed by atoms with Gasteiger partial charge in [0.1, 0.15) is 11.9 Å². The van der Waals surface area contributed by atoms with E-state index in [4.69, 9.17) is 4.74 Å². The van der Waals surface area contributed by atoms with Crippen molar-refractivity contribution in [3.8, 4) is 11.3 Å². The second-order valence-electron chi connectivity index (χ2n) is 6.00. The van der Waals surface area contributed by atoms with Gasteiger partial charge in [0.25, 0.3) is 5.91 Å². The van der Waals surface area contributed by atoms with E-state index in [9.17, 15) is 9.18 Å². The Labute approximate surface area is 154 Å². The number of aromatic nitrogens is 2. The molecule has 1 aliphatic rings. The molecular weight excluding hydrogens is 353 g/mol. The Morgan fingerprint density at radius 2 is 2.27 bits per heavy atom. The molecule has 5 nitrogen and oxygen atoms in total. The Bertz CT molecular complexity index is 902. The molecule has 0 radical (unpaired) electrons. The zero-order chi connectivity index (χ0) is 17.9. The molecule has 3 aromatic rings. The standard InChI is InChI=1S/C19H16FN3O2S/c20-16-7-14(17-11-26-12-22-17)6-15(8-16)19(24)23-4-5-25-18(10-23)13-2-1-3-21-9-13/h1-3,6-9,11-12,18H,4-5,10H2. The highest BCUT2D eigenvalue weighted by Crippen LogP contribution is 2.25. The fourth-order valence-electron chi connectivity index (χ4n) is 3.00. The van der Waals surface area contributed by atoms with Crippen molar-refractivity contribution < 1.29 is 13.9 Å². The Morgan fingerprint density at radius 3 is 3.04 bits per heavy atom. The highest BCUT2D eigenvalue weighted by Gasteiger charge is 2.26. The second-order valence-corrected chi connectivity index (χ2v) is 6.72. The summed E-state index contributed by atoms with van der Waals surface area (Å²) in [5, 5.41) is 1.83. The number of amides is 1. The Balaban J connectivity index is 1.57. The van der Waals surface area contributed by atoms with Crippen molar-refractivity contribution in [2.45, 2.75) is 6.10 Å². The number of nitrogens with zero attached hydrogens (tertiary/aromatic N) is 3. The lowest BCUT2D eigenvalue weighted by atomic mass is 10.1. The van der Waals surface area contributed by atoms with Crippen molar-refractivity contribution in [3.05, 3.63) is 70.6 Å². The molecule has 132 valence electrons. The first-order chi connectivity index (χ1) is 12.7. The molecule has 1 amide bonds. The van der Waals surface area contributed by atoms with Crippen molar-refractivity contribution in [1.82, 2.24) is 14.9 Å². The summed E-state index contributed by atoms with van der Waals surface area (Å²) in [5.41, 5.74) is 4.19. The molecule has 1 unspecified atom stereocenters. The third kappa shape index (κ3) is 3.49. The molecule has 0 spiro atoms. The van der Waals surface area contributed by atoms with Crippen LogP contribution in [0.2, 0.25) is 0 Å². The van der Waals surface area contributed by atoms with E-state index < -0.39 is 5.82 Å². The first-order valence-corrected chi connectivity index (χ1v) is 9.15. The molecule has 1 aromatic carbocycles. The monoisotopic (exact) mass is 369 g/mol. The Hall–Kier alpha value is -2.64. The highest BCUT2D eigenvalue weighted by molar-refractivity contribution is 7.07. The van der Waals surface area contributed by atoms with Crippen LogP contribution in [-0.2, 0) is 4.74 Å². The summed E-state index contributed by atoms with van der Waals surface area (Å²) < 4.78 is 19.8. The average Bonchev–Trinajstić information content (AvgIpc) is 3.23. The lowest BCUT2D eigenvalue weighted by Crippen LogP contribution is -2.42. The van der Waals surface area contributed by atoms with Crippen LogP contribution in [0.15, 0.2) is 53.6 Å². The van der Waals surface area contributed by atoms with E-state index in [1.54, 1.807) is 28.9 Å². The summed E-state index contributed by atoms with van der Waals surface area (Å²) in [4.78, 5) is 22.9. The van der Waals surface area contributed by atoms with Gasteiger partial charge in [0.05, 0.1) is 24.4 Å². The number of rotatable bonds is 3. The fraction of sp³-hybridized carbons (Fsp3) is 0.211. The van der Waals surface area contributed by atoms with Gasteiger partial charge in [0.2, 0.25) is 0 Å². The topological polar surface area (TPSA) is 55.3 Å². The predicted octanol–water partition coefficient (Wildman–Crippen LogP) is 3.56. The zero-order valence-corrected chi connectivity index (χ0v) is 14.7. The number of halogens is 1. The summed E-state index contributed by atoms with van der Waals surface area (Å²) in [5.74, 6) is -0.658. The van der Waals surface area contributed by atoms with Crippen LogP contribution < -0.4 is 0 Å². The third-order valence-electron chi connectivity index (χ3n) is 4.28. The van der Waals surface area contributed by atoms with Gasteiger partial charge in [-0.05, 0) is 24.3 Å². The molecule has 2 aromatic heterocycles. The van der Waals surface area contributed by atoms with Gasteiger partial charge in [-0.3, -0.25) is 9.78 Å². The van der Waals surface area contributed by atoms with Crippen LogP contribution in [0.25, 0.3) is 11.3 Å². The Kier molecular flexibility index (Phi) is 4.73. The molecule has 1 aliphatic heterocycles. The van der Waals surface area contributed by atoms with Crippen LogP contribution in [0.4, 0.5) is 4.39 Å². The van der Waals surface area contributed by atoms with Gasteiger partial charge in [-0.25, -0.2) is 9.37 Å². The highest BCUT2D eigenvalue weighted by atomic mass is 32.1. The maximum Gasteiger partial charge on any atom is 0.254 e. The lowest BCUT2D eigenvalue weighted by molar-refractivity contribution is -0.0229. The molecule has 7 heteroatoms. The molecule has 3 heterocycles. The number of carbonyl (C=O) groups excluding carboxylic acids is 1. The number of pyridine rings is 1. The SMILES string of the molecule is O=C(c1cc(F)cc(-c2cscn2)c1)N1CCOC(c2cccnc2)C1. The lowest BCUT2D eigenvalue weighted by Gasteiger charge is -2.33. The smallest absolute Gasteiger partial charge is 0.254 e. The largest absolute Gasteiger partial charge is 0.370 e. The van der Waals surface area contributed by atoms with Crippen molar-refractivity contribution in [2.24, 2.45) is 0 Å². The minimum atomic E-state index is -0.448. The molecule has 0 bridgehead atoms. The van der Waals surface area contributed by atoms with Crippen molar-refractivity contribution in [3.63, 3.8) is 0 Å². The van der Waals surface area contributed by atoms with E-state index in [2.05, 4.69) is 9.97 Å². The first-order valence-electron chi connectivity index (χ1n) is 8.20. The van der Waals surface area contributed by atoms with Gasteiger partial charge < -0.3 is 9.64 Å². The molecular formula is C19H16FN3O2S. The number of carbonyl (C=O) groups is 1. The summed E-state index contributed by atoms with van der Waals surface area (Å²) in [6, 6.07) is 8.12. The van der Waals surface area contributed by atoms with E-state index in [0.717, 1.165) is 5.56 Å². The molecule has 0 saturated carbocycles. The number of hydrogen-bond donors (Lipinski definition) is 0. The van der Waals surface area contributed by atoms with Crippen LogP contribution in [0.1, 0.15) is 22.0 Å².